The molecule has 2 aromatic carbocycles. The summed E-state index contributed by atoms with van der Waals surface area (Å²) in [6, 6.07) is 17.7. The zero-order valence-corrected chi connectivity index (χ0v) is 14.6. The fraction of sp³-hybridized carbons (Fsp3) is 0.0588. The van der Waals surface area contributed by atoms with E-state index in [1.165, 1.54) is 0 Å². The fourth-order valence-electron chi connectivity index (χ4n) is 2.06. The topological polar surface area (TPSA) is 90.3 Å². The number of para-hydroxylation sites is 1. The van der Waals surface area contributed by atoms with Crippen molar-refractivity contribution in [3.05, 3.63) is 71.1 Å². The number of H-pyrrole nitrogens is 1. The van der Waals surface area contributed by atoms with E-state index in [4.69, 9.17) is 11.6 Å². The zero-order chi connectivity index (χ0) is 17.5. The van der Waals surface area contributed by atoms with Gasteiger partial charge in [0.05, 0.1) is 5.69 Å². The number of halogens is 1. The van der Waals surface area contributed by atoms with E-state index in [-0.39, 0.29) is 5.82 Å². The predicted octanol–water partition coefficient (Wildman–Crippen LogP) is 4.12. The molecule has 1 aromatic heterocycles. The number of allylic oxidation sites excluding steroid dienone is 1. The molecule has 0 amide bonds. The van der Waals surface area contributed by atoms with Gasteiger partial charge < -0.3 is 5.32 Å². The van der Waals surface area contributed by atoms with Crippen LogP contribution < -0.4 is 5.32 Å². The lowest BCUT2D eigenvalue weighted by molar-refractivity contribution is 0.881. The van der Waals surface area contributed by atoms with Crippen LogP contribution in [0.3, 0.4) is 0 Å². The van der Waals surface area contributed by atoms with E-state index in [9.17, 15) is 5.26 Å². The maximum absolute atomic E-state index is 9.23. The van der Waals surface area contributed by atoms with Gasteiger partial charge >= 0.3 is 0 Å². The van der Waals surface area contributed by atoms with Crippen molar-refractivity contribution >= 4 is 34.6 Å². The number of nitrogens with zero attached hydrogens (tertiary/aromatic N) is 4. The van der Waals surface area contributed by atoms with E-state index in [0.29, 0.717) is 5.57 Å². The molecule has 0 aliphatic carbocycles. The molecule has 25 heavy (non-hydrogen) atoms. The molecule has 0 spiro atoms. The van der Waals surface area contributed by atoms with Crippen molar-refractivity contribution in [2.45, 2.75) is 10.6 Å². The number of thioether (sulfide) groups is 1. The van der Waals surface area contributed by atoms with Gasteiger partial charge in [0.1, 0.15) is 11.6 Å². The molecule has 0 atom stereocenters. The number of hydrogen-bond acceptors (Lipinski definition) is 6. The summed E-state index contributed by atoms with van der Waals surface area (Å²) in [4.78, 5) is 1.05. The molecule has 6 nitrogen and oxygen atoms in total. The van der Waals surface area contributed by atoms with Gasteiger partial charge in [-0.15, -0.1) is 22.0 Å². The second kappa shape index (κ2) is 8.33. The molecule has 0 aliphatic rings. The molecule has 2 N–H and O–H groups in total. The van der Waals surface area contributed by atoms with Gasteiger partial charge in [0.15, 0.2) is 0 Å². The molecular weight excluding hydrogens is 356 g/mol. The summed E-state index contributed by atoms with van der Waals surface area (Å²) in [5.74, 6) is 0.995. The third-order valence-electron chi connectivity index (χ3n) is 3.31. The van der Waals surface area contributed by atoms with Crippen LogP contribution in [0.15, 0.2) is 59.6 Å². The number of benzene rings is 2. The molecule has 0 fully saturated rings. The van der Waals surface area contributed by atoms with Crippen LogP contribution in [-0.4, -0.2) is 20.6 Å². The van der Waals surface area contributed by atoms with E-state index in [1.807, 2.05) is 54.6 Å². The Kier molecular flexibility index (Phi) is 5.67. The number of nitriles is 1. The Balaban J connectivity index is 1.75. The highest BCUT2D eigenvalue weighted by Gasteiger charge is 2.07. The quantitative estimate of drug-likeness (QED) is 0.502. The summed E-state index contributed by atoms with van der Waals surface area (Å²) in [5.41, 5.74) is 2.25. The SMILES string of the molecule is N#CC(=CNc1ccccc1SCc1ccccc1Cl)c1nn[nH]n1. The van der Waals surface area contributed by atoms with Gasteiger partial charge in [0.2, 0.25) is 5.82 Å². The zero-order valence-electron chi connectivity index (χ0n) is 13.0. The largest absolute Gasteiger partial charge is 0.359 e. The van der Waals surface area contributed by atoms with Crippen molar-refractivity contribution in [1.29, 1.82) is 5.26 Å². The number of anilines is 1. The van der Waals surface area contributed by atoms with Crippen LogP contribution >= 0.6 is 23.4 Å². The van der Waals surface area contributed by atoms with E-state index < -0.39 is 0 Å². The Bertz CT molecular complexity index is 917. The molecule has 3 aromatic rings. The lowest BCUT2D eigenvalue weighted by Crippen LogP contribution is -1.94. The van der Waals surface area contributed by atoms with Crippen LogP contribution in [0.5, 0.6) is 0 Å². The van der Waals surface area contributed by atoms with Crippen LogP contribution in [0.1, 0.15) is 11.4 Å². The number of rotatable bonds is 6. The number of hydrogen-bond donors (Lipinski definition) is 2. The molecule has 124 valence electrons. The highest BCUT2D eigenvalue weighted by atomic mass is 35.5. The van der Waals surface area contributed by atoms with Gasteiger partial charge in [-0.05, 0) is 29.0 Å². The lowest BCUT2D eigenvalue weighted by atomic mass is 10.2. The number of tetrazole rings is 1. The first-order chi connectivity index (χ1) is 12.3. The van der Waals surface area contributed by atoms with Gasteiger partial charge in [-0.3, -0.25) is 0 Å². The summed E-state index contributed by atoms with van der Waals surface area (Å²) in [6.45, 7) is 0. The van der Waals surface area contributed by atoms with E-state index in [0.717, 1.165) is 26.9 Å². The van der Waals surface area contributed by atoms with Crippen LogP contribution in [0.25, 0.3) is 5.57 Å². The van der Waals surface area contributed by atoms with Gasteiger partial charge in [-0.1, -0.05) is 41.9 Å². The second-order valence-electron chi connectivity index (χ2n) is 4.93. The molecule has 0 saturated heterocycles. The Hall–Kier alpha value is -2.82. The van der Waals surface area contributed by atoms with Crippen LogP contribution in [0.2, 0.25) is 5.02 Å². The van der Waals surface area contributed by atoms with E-state index in [2.05, 4.69) is 25.9 Å². The van der Waals surface area contributed by atoms with E-state index >= 15 is 0 Å². The molecule has 1 heterocycles. The molecule has 0 unspecified atom stereocenters. The second-order valence-corrected chi connectivity index (χ2v) is 6.35. The van der Waals surface area contributed by atoms with Crippen LogP contribution in [-0.2, 0) is 5.75 Å². The van der Waals surface area contributed by atoms with Crippen molar-refractivity contribution in [1.82, 2.24) is 20.6 Å². The number of aromatic amines is 1. The summed E-state index contributed by atoms with van der Waals surface area (Å²) in [5, 5.41) is 26.5. The molecule has 3 rings (SSSR count). The maximum Gasteiger partial charge on any atom is 0.216 e. The van der Waals surface area contributed by atoms with Gasteiger partial charge in [0, 0.05) is 21.9 Å². The Labute approximate surface area is 153 Å². The summed E-state index contributed by atoms with van der Waals surface area (Å²) >= 11 is 7.87. The third-order valence-corrected chi connectivity index (χ3v) is 4.80. The first kappa shape index (κ1) is 17.0. The average molecular weight is 369 g/mol. The Morgan fingerprint density at radius 1 is 1.24 bits per heavy atom. The number of nitrogens with one attached hydrogen (secondary N) is 2. The molecule has 0 saturated carbocycles. The van der Waals surface area contributed by atoms with Crippen LogP contribution in [0.4, 0.5) is 5.69 Å². The Morgan fingerprint density at radius 2 is 2.04 bits per heavy atom. The molecule has 0 radical (unpaired) electrons. The minimum absolute atomic E-state index is 0.246. The normalized spacial score (nSPS) is 11.1. The minimum atomic E-state index is 0.246. The first-order valence-corrected chi connectivity index (χ1v) is 8.70. The maximum atomic E-state index is 9.23. The van der Waals surface area contributed by atoms with Crippen molar-refractivity contribution in [2.24, 2.45) is 0 Å². The molecule has 8 heteroatoms. The monoisotopic (exact) mass is 368 g/mol. The smallest absolute Gasteiger partial charge is 0.216 e. The average Bonchev–Trinajstić information content (AvgIpc) is 3.17. The highest BCUT2D eigenvalue weighted by molar-refractivity contribution is 7.98. The first-order valence-electron chi connectivity index (χ1n) is 7.34. The number of aromatic nitrogens is 4. The third kappa shape index (κ3) is 4.38. The van der Waals surface area contributed by atoms with Gasteiger partial charge in [-0.2, -0.15) is 10.5 Å². The fourth-order valence-corrected chi connectivity index (χ4v) is 3.36. The molecule has 0 aliphatic heterocycles. The van der Waals surface area contributed by atoms with Crippen molar-refractivity contribution in [2.75, 3.05) is 5.32 Å². The van der Waals surface area contributed by atoms with Gasteiger partial charge in [0.25, 0.3) is 0 Å². The summed E-state index contributed by atoms with van der Waals surface area (Å²) < 4.78 is 0. The van der Waals surface area contributed by atoms with Gasteiger partial charge in [-0.25, -0.2) is 0 Å². The predicted molar refractivity (Wildman–Crippen MR) is 98.8 cm³/mol. The van der Waals surface area contributed by atoms with Crippen LogP contribution in [0, 0.1) is 11.3 Å². The molecule has 0 bridgehead atoms. The minimum Gasteiger partial charge on any atom is -0.359 e. The molecular formula is C17H13ClN6S. The van der Waals surface area contributed by atoms with Crippen molar-refractivity contribution in [3.8, 4) is 6.07 Å². The summed E-state index contributed by atoms with van der Waals surface area (Å²) in [6.07, 6.45) is 1.57. The summed E-state index contributed by atoms with van der Waals surface area (Å²) in [7, 11) is 0. The van der Waals surface area contributed by atoms with Crippen molar-refractivity contribution < 1.29 is 0 Å². The lowest BCUT2D eigenvalue weighted by Gasteiger charge is -2.10. The highest BCUT2D eigenvalue weighted by Crippen LogP contribution is 2.31. The Morgan fingerprint density at radius 3 is 2.80 bits per heavy atom. The van der Waals surface area contributed by atoms with Crippen molar-refractivity contribution in [3.63, 3.8) is 0 Å². The van der Waals surface area contributed by atoms with E-state index in [1.54, 1.807) is 18.0 Å². The standard InChI is InChI=1S/C17H13ClN6S/c18-14-6-2-1-5-12(14)11-25-16-8-4-3-7-15(16)20-10-13(9-19)17-21-23-24-22-17/h1-8,10,20H,11H2,(H,21,22,23,24).